The molecule has 1 aromatic heterocycles. The lowest BCUT2D eigenvalue weighted by atomic mass is 10.2. The van der Waals surface area contributed by atoms with Crippen LogP contribution in [0.15, 0.2) is 16.5 Å². The van der Waals surface area contributed by atoms with E-state index in [0.717, 1.165) is 31.9 Å². The van der Waals surface area contributed by atoms with Gasteiger partial charge in [-0.1, -0.05) is 0 Å². The molecular formula is C11H16N2O3. The predicted molar refractivity (Wildman–Crippen MR) is 58.5 cm³/mol. The van der Waals surface area contributed by atoms with Crippen LogP contribution in [-0.4, -0.2) is 42.2 Å². The number of carboxylic acid groups (broad SMARTS) is 1. The lowest BCUT2D eigenvalue weighted by Crippen LogP contribution is -2.44. The molecule has 16 heavy (non-hydrogen) atoms. The van der Waals surface area contributed by atoms with Crippen molar-refractivity contribution in [2.45, 2.75) is 13.0 Å². The summed E-state index contributed by atoms with van der Waals surface area (Å²) in [4.78, 5) is 13.0. The van der Waals surface area contributed by atoms with Crippen LogP contribution < -0.4 is 5.32 Å². The van der Waals surface area contributed by atoms with Gasteiger partial charge in [-0.3, -0.25) is 4.90 Å². The van der Waals surface area contributed by atoms with E-state index in [1.807, 2.05) is 6.92 Å². The van der Waals surface area contributed by atoms with Gasteiger partial charge in [-0.25, -0.2) is 4.79 Å². The van der Waals surface area contributed by atoms with Gasteiger partial charge in [0, 0.05) is 26.2 Å². The molecular weight excluding hydrogens is 208 g/mol. The number of rotatable bonds is 3. The number of aromatic carboxylic acids is 1. The van der Waals surface area contributed by atoms with Crippen molar-refractivity contribution in [1.29, 1.82) is 0 Å². The van der Waals surface area contributed by atoms with Gasteiger partial charge in [-0.05, 0) is 19.1 Å². The molecule has 0 aliphatic carbocycles. The first-order chi connectivity index (χ1) is 7.68. The molecule has 1 atom stereocenters. The molecule has 1 fully saturated rings. The fourth-order valence-electron chi connectivity index (χ4n) is 1.94. The average Bonchev–Trinajstić information content (AvgIpc) is 2.78. The molecule has 0 saturated carbocycles. The van der Waals surface area contributed by atoms with Gasteiger partial charge in [-0.2, -0.15) is 0 Å². The number of nitrogens with zero attached hydrogens (tertiary/aromatic N) is 1. The highest BCUT2D eigenvalue weighted by atomic mass is 16.4. The summed E-state index contributed by atoms with van der Waals surface area (Å²) in [5, 5.41) is 12.1. The molecule has 1 aliphatic heterocycles. The van der Waals surface area contributed by atoms with Crippen molar-refractivity contribution in [3.8, 4) is 0 Å². The van der Waals surface area contributed by atoms with Crippen molar-refractivity contribution in [1.82, 2.24) is 10.2 Å². The minimum absolute atomic E-state index is 0.0111. The topological polar surface area (TPSA) is 65.7 Å². The molecule has 2 heterocycles. The van der Waals surface area contributed by atoms with Crippen molar-refractivity contribution < 1.29 is 14.3 Å². The van der Waals surface area contributed by atoms with E-state index in [0.29, 0.717) is 0 Å². The van der Waals surface area contributed by atoms with Crippen molar-refractivity contribution in [3.63, 3.8) is 0 Å². The second-order valence-corrected chi connectivity index (χ2v) is 3.97. The van der Waals surface area contributed by atoms with E-state index < -0.39 is 5.97 Å². The standard InChI is InChI=1S/C11H16N2O3/c1-8(13-6-4-12-5-7-13)9-2-3-10(16-9)11(14)15/h2-3,8,12H,4-7H2,1H3,(H,14,15). The largest absolute Gasteiger partial charge is 0.475 e. The summed E-state index contributed by atoms with van der Waals surface area (Å²) in [7, 11) is 0. The minimum Gasteiger partial charge on any atom is -0.475 e. The number of carbonyl (C=O) groups is 1. The van der Waals surface area contributed by atoms with Crippen molar-refractivity contribution in [2.75, 3.05) is 26.2 Å². The summed E-state index contributed by atoms with van der Waals surface area (Å²) >= 11 is 0. The van der Waals surface area contributed by atoms with Gasteiger partial charge in [0.25, 0.3) is 0 Å². The zero-order chi connectivity index (χ0) is 11.5. The van der Waals surface area contributed by atoms with E-state index in [-0.39, 0.29) is 11.8 Å². The molecule has 0 spiro atoms. The smallest absolute Gasteiger partial charge is 0.371 e. The van der Waals surface area contributed by atoms with Gasteiger partial charge in [0.2, 0.25) is 5.76 Å². The Bertz CT molecular complexity index is 369. The third kappa shape index (κ3) is 2.25. The molecule has 2 N–H and O–H groups in total. The van der Waals surface area contributed by atoms with Crippen LogP contribution in [0.1, 0.15) is 29.3 Å². The van der Waals surface area contributed by atoms with Crippen LogP contribution in [0.5, 0.6) is 0 Å². The molecule has 0 bridgehead atoms. The Balaban J connectivity index is 2.07. The minimum atomic E-state index is -1.02. The molecule has 0 radical (unpaired) electrons. The van der Waals surface area contributed by atoms with E-state index in [9.17, 15) is 4.79 Å². The fraction of sp³-hybridized carbons (Fsp3) is 0.545. The molecule has 88 valence electrons. The molecule has 1 unspecified atom stereocenters. The van der Waals surface area contributed by atoms with Gasteiger partial charge in [0.1, 0.15) is 5.76 Å². The van der Waals surface area contributed by atoms with Crippen molar-refractivity contribution in [3.05, 3.63) is 23.7 Å². The summed E-state index contributed by atoms with van der Waals surface area (Å²) in [6, 6.07) is 3.39. The molecule has 1 saturated heterocycles. The first-order valence-electron chi connectivity index (χ1n) is 5.46. The Hall–Kier alpha value is -1.33. The Kier molecular flexibility index (Phi) is 3.26. The quantitative estimate of drug-likeness (QED) is 0.800. The normalized spacial score (nSPS) is 19.6. The number of hydrogen-bond donors (Lipinski definition) is 2. The average molecular weight is 224 g/mol. The zero-order valence-electron chi connectivity index (χ0n) is 9.27. The highest BCUT2D eigenvalue weighted by Gasteiger charge is 2.21. The maximum absolute atomic E-state index is 10.7. The molecule has 1 aliphatic rings. The van der Waals surface area contributed by atoms with Crippen LogP contribution in [0.2, 0.25) is 0 Å². The van der Waals surface area contributed by atoms with E-state index >= 15 is 0 Å². The third-order valence-corrected chi connectivity index (χ3v) is 2.95. The van der Waals surface area contributed by atoms with Gasteiger partial charge in [0.05, 0.1) is 6.04 Å². The summed E-state index contributed by atoms with van der Waals surface area (Å²) in [6.07, 6.45) is 0. The molecule has 2 rings (SSSR count). The maximum atomic E-state index is 10.7. The van der Waals surface area contributed by atoms with Gasteiger partial charge < -0.3 is 14.8 Å². The number of furan rings is 1. The number of hydrogen-bond acceptors (Lipinski definition) is 4. The Morgan fingerprint density at radius 3 is 2.75 bits per heavy atom. The van der Waals surface area contributed by atoms with E-state index in [2.05, 4.69) is 10.2 Å². The van der Waals surface area contributed by atoms with Crippen molar-refractivity contribution >= 4 is 5.97 Å². The van der Waals surface area contributed by atoms with Gasteiger partial charge in [-0.15, -0.1) is 0 Å². The second-order valence-electron chi connectivity index (χ2n) is 3.97. The summed E-state index contributed by atoms with van der Waals surface area (Å²) in [5.74, 6) is -0.282. The van der Waals surface area contributed by atoms with Gasteiger partial charge >= 0.3 is 5.97 Å². The van der Waals surface area contributed by atoms with Gasteiger partial charge in [0.15, 0.2) is 0 Å². The predicted octanol–water partition coefficient (Wildman–Crippen LogP) is 0.944. The highest BCUT2D eigenvalue weighted by molar-refractivity contribution is 5.84. The Labute approximate surface area is 94.0 Å². The SMILES string of the molecule is CC(c1ccc(C(=O)O)o1)N1CCNCC1. The van der Waals surface area contributed by atoms with Crippen molar-refractivity contribution in [2.24, 2.45) is 0 Å². The summed E-state index contributed by atoms with van der Waals surface area (Å²) in [5.41, 5.74) is 0. The molecule has 0 aromatic carbocycles. The summed E-state index contributed by atoms with van der Waals surface area (Å²) in [6.45, 7) is 5.90. The first kappa shape index (κ1) is 11.2. The first-order valence-corrected chi connectivity index (χ1v) is 5.46. The summed E-state index contributed by atoms with van der Waals surface area (Å²) < 4.78 is 5.30. The Morgan fingerprint density at radius 1 is 1.50 bits per heavy atom. The highest BCUT2D eigenvalue weighted by Crippen LogP contribution is 2.22. The second kappa shape index (κ2) is 4.67. The lowest BCUT2D eigenvalue weighted by molar-refractivity contribution is 0.0655. The van der Waals surface area contributed by atoms with E-state index in [1.54, 1.807) is 6.07 Å². The zero-order valence-corrected chi connectivity index (χ0v) is 9.27. The molecule has 1 aromatic rings. The number of nitrogens with one attached hydrogen (secondary N) is 1. The van der Waals surface area contributed by atoms with E-state index in [1.165, 1.54) is 6.07 Å². The van der Waals surface area contributed by atoms with Crippen LogP contribution in [0.3, 0.4) is 0 Å². The van der Waals surface area contributed by atoms with Crippen LogP contribution in [0.4, 0.5) is 0 Å². The monoisotopic (exact) mass is 224 g/mol. The molecule has 5 nitrogen and oxygen atoms in total. The molecule has 0 amide bonds. The Morgan fingerprint density at radius 2 is 2.19 bits per heavy atom. The van der Waals surface area contributed by atoms with E-state index in [4.69, 9.17) is 9.52 Å². The maximum Gasteiger partial charge on any atom is 0.371 e. The van der Waals surface area contributed by atoms with Crippen LogP contribution in [0, 0.1) is 0 Å². The number of piperazine rings is 1. The number of carboxylic acids is 1. The van der Waals surface area contributed by atoms with Crippen LogP contribution >= 0.6 is 0 Å². The fourth-order valence-corrected chi connectivity index (χ4v) is 1.94. The van der Waals surface area contributed by atoms with Crippen LogP contribution in [0.25, 0.3) is 0 Å². The molecule has 5 heteroatoms. The lowest BCUT2D eigenvalue weighted by Gasteiger charge is -2.31. The van der Waals surface area contributed by atoms with Crippen LogP contribution in [-0.2, 0) is 0 Å². The third-order valence-electron chi connectivity index (χ3n) is 2.95.